The lowest BCUT2D eigenvalue weighted by Crippen LogP contribution is -2.31. The number of methoxy groups -OCH3 is 1. The summed E-state index contributed by atoms with van der Waals surface area (Å²) in [6.07, 6.45) is 0. The second kappa shape index (κ2) is 8.53. The molecule has 7 nitrogen and oxygen atoms in total. The zero-order valence-electron chi connectivity index (χ0n) is 14.9. The highest BCUT2D eigenvalue weighted by molar-refractivity contribution is 6.08. The van der Waals surface area contributed by atoms with Crippen molar-refractivity contribution >= 4 is 23.3 Å². The SMILES string of the molecule is CCN(CC)c1ccc(NC2=C(C(=O)OC)CN(CCO)C2=O)cc1. The molecular formula is C18H25N3O4. The number of nitrogens with one attached hydrogen (secondary N) is 1. The molecule has 136 valence electrons. The minimum atomic E-state index is -0.545. The van der Waals surface area contributed by atoms with Crippen LogP contribution in [0.4, 0.5) is 11.4 Å². The molecule has 0 saturated heterocycles. The summed E-state index contributed by atoms with van der Waals surface area (Å²) in [6.45, 7) is 6.15. The number of amides is 1. The summed E-state index contributed by atoms with van der Waals surface area (Å²) in [4.78, 5) is 28.1. The van der Waals surface area contributed by atoms with Gasteiger partial charge in [-0.25, -0.2) is 4.79 Å². The van der Waals surface area contributed by atoms with E-state index in [1.165, 1.54) is 12.0 Å². The van der Waals surface area contributed by atoms with Crippen LogP contribution in [-0.2, 0) is 14.3 Å². The third kappa shape index (κ3) is 4.11. The van der Waals surface area contributed by atoms with Crippen LogP contribution in [0.25, 0.3) is 0 Å². The van der Waals surface area contributed by atoms with Gasteiger partial charge in [-0.2, -0.15) is 0 Å². The van der Waals surface area contributed by atoms with E-state index in [-0.39, 0.29) is 36.9 Å². The van der Waals surface area contributed by atoms with Crippen LogP contribution in [0.1, 0.15) is 13.8 Å². The molecular weight excluding hydrogens is 322 g/mol. The molecule has 0 aromatic heterocycles. The van der Waals surface area contributed by atoms with Crippen molar-refractivity contribution in [1.29, 1.82) is 0 Å². The lowest BCUT2D eigenvalue weighted by Gasteiger charge is -2.21. The number of aliphatic hydroxyl groups excluding tert-OH is 1. The molecule has 0 unspecified atom stereocenters. The van der Waals surface area contributed by atoms with Crippen molar-refractivity contribution in [3.8, 4) is 0 Å². The summed E-state index contributed by atoms with van der Waals surface area (Å²) in [6, 6.07) is 7.69. The van der Waals surface area contributed by atoms with Crippen LogP contribution in [0, 0.1) is 0 Å². The van der Waals surface area contributed by atoms with Crippen molar-refractivity contribution in [2.45, 2.75) is 13.8 Å². The number of β-amino-alcohol motifs (C(OH)–C–C–N with tert-alkyl or cyclic N) is 1. The lowest BCUT2D eigenvalue weighted by atomic mass is 10.2. The molecule has 0 aliphatic carbocycles. The summed E-state index contributed by atoms with van der Waals surface area (Å²) in [5.74, 6) is -0.863. The van der Waals surface area contributed by atoms with Crippen molar-refractivity contribution in [1.82, 2.24) is 4.90 Å². The fourth-order valence-electron chi connectivity index (χ4n) is 2.84. The fourth-order valence-corrected chi connectivity index (χ4v) is 2.84. The van der Waals surface area contributed by atoms with Crippen LogP contribution in [0.15, 0.2) is 35.5 Å². The predicted octanol–water partition coefficient (Wildman–Crippen LogP) is 1.21. The monoisotopic (exact) mass is 347 g/mol. The molecule has 1 aliphatic rings. The van der Waals surface area contributed by atoms with E-state index in [1.807, 2.05) is 24.3 Å². The van der Waals surface area contributed by atoms with Gasteiger partial charge in [0.15, 0.2) is 0 Å². The highest BCUT2D eigenvalue weighted by Crippen LogP contribution is 2.24. The summed E-state index contributed by atoms with van der Waals surface area (Å²) in [7, 11) is 1.28. The summed E-state index contributed by atoms with van der Waals surface area (Å²) in [5.41, 5.74) is 2.29. The number of carbonyl (C=O) groups excluding carboxylic acids is 2. The Balaban J connectivity index is 2.23. The van der Waals surface area contributed by atoms with Gasteiger partial charge in [-0.05, 0) is 38.1 Å². The third-order valence-electron chi connectivity index (χ3n) is 4.22. The summed E-state index contributed by atoms with van der Waals surface area (Å²) >= 11 is 0. The standard InChI is InChI=1S/C18H25N3O4/c1-4-20(5-2)14-8-6-13(7-9-14)19-16-15(18(24)25-3)12-21(10-11-22)17(16)23/h6-9,19,22H,4-5,10-12H2,1-3H3. The Morgan fingerprint density at radius 2 is 1.92 bits per heavy atom. The average Bonchev–Trinajstić information content (AvgIpc) is 2.93. The van der Waals surface area contributed by atoms with Crippen LogP contribution in [0.3, 0.4) is 0 Å². The molecule has 0 atom stereocenters. The number of anilines is 2. The number of esters is 1. The molecule has 7 heteroatoms. The third-order valence-corrected chi connectivity index (χ3v) is 4.22. The highest BCUT2D eigenvalue weighted by atomic mass is 16.5. The molecule has 0 radical (unpaired) electrons. The lowest BCUT2D eigenvalue weighted by molar-refractivity contribution is -0.136. The summed E-state index contributed by atoms with van der Waals surface area (Å²) in [5, 5.41) is 12.1. The maximum absolute atomic E-state index is 12.5. The maximum Gasteiger partial charge on any atom is 0.337 e. The second-order valence-electron chi connectivity index (χ2n) is 5.64. The zero-order chi connectivity index (χ0) is 18.4. The minimum Gasteiger partial charge on any atom is -0.466 e. The van der Waals surface area contributed by atoms with Crippen molar-refractivity contribution < 1.29 is 19.4 Å². The van der Waals surface area contributed by atoms with E-state index in [4.69, 9.17) is 9.84 Å². The second-order valence-corrected chi connectivity index (χ2v) is 5.64. The number of ether oxygens (including phenoxy) is 1. The van der Waals surface area contributed by atoms with Gasteiger partial charge in [-0.15, -0.1) is 0 Å². The van der Waals surface area contributed by atoms with Crippen molar-refractivity contribution in [2.24, 2.45) is 0 Å². The first-order chi connectivity index (χ1) is 12.0. The van der Waals surface area contributed by atoms with Gasteiger partial charge < -0.3 is 25.0 Å². The van der Waals surface area contributed by atoms with Gasteiger partial charge in [0, 0.05) is 31.0 Å². The Morgan fingerprint density at radius 1 is 1.28 bits per heavy atom. The van der Waals surface area contributed by atoms with Gasteiger partial charge >= 0.3 is 5.97 Å². The van der Waals surface area contributed by atoms with Crippen molar-refractivity contribution in [3.05, 3.63) is 35.5 Å². The number of aliphatic hydroxyl groups is 1. The van der Waals surface area contributed by atoms with E-state index >= 15 is 0 Å². The number of benzene rings is 1. The van der Waals surface area contributed by atoms with Gasteiger partial charge in [-0.3, -0.25) is 4.79 Å². The normalized spacial score (nSPS) is 14.1. The summed E-state index contributed by atoms with van der Waals surface area (Å²) < 4.78 is 4.77. The Kier molecular flexibility index (Phi) is 6.41. The molecule has 1 aliphatic heterocycles. The largest absolute Gasteiger partial charge is 0.466 e. The molecule has 0 spiro atoms. The quantitative estimate of drug-likeness (QED) is 0.688. The molecule has 25 heavy (non-hydrogen) atoms. The molecule has 2 rings (SSSR count). The van der Waals surface area contributed by atoms with E-state index in [1.54, 1.807) is 0 Å². The molecule has 1 amide bonds. The topological polar surface area (TPSA) is 82.1 Å². The maximum atomic E-state index is 12.5. The van der Waals surface area contributed by atoms with Gasteiger partial charge in [0.1, 0.15) is 5.70 Å². The molecule has 0 bridgehead atoms. The Bertz CT molecular complexity index is 651. The van der Waals surface area contributed by atoms with E-state index in [9.17, 15) is 9.59 Å². The van der Waals surface area contributed by atoms with Crippen LogP contribution in [0.5, 0.6) is 0 Å². The van der Waals surface area contributed by atoms with Crippen LogP contribution < -0.4 is 10.2 Å². The molecule has 1 aromatic carbocycles. The first-order valence-corrected chi connectivity index (χ1v) is 8.39. The minimum absolute atomic E-state index is 0.131. The molecule has 2 N–H and O–H groups in total. The van der Waals surface area contributed by atoms with Crippen molar-refractivity contribution in [2.75, 3.05) is 50.1 Å². The Labute approximate surface area is 147 Å². The number of carbonyl (C=O) groups is 2. The Morgan fingerprint density at radius 3 is 2.44 bits per heavy atom. The molecule has 0 saturated carbocycles. The van der Waals surface area contributed by atoms with E-state index in [2.05, 4.69) is 24.1 Å². The average molecular weight is 347 g/mol. The van der Waals surface area contributed by atoms with Crippen LogP contribution in [-0.4, -0.2) is 61.8 Å². The first kappa shape index (κ1) is 18.8. The van der Waals surface area contributed by atoms with Crippen LogP contribution >= 0.6 is 0 Å². The molecule has 0 fully saturated rings. The van der Waals surface area contributed by atoms with Gasteiger partial charge in [0.05, 0.1) is 25.8 Å². The molecule has 1 heterocycles. The van der Waals surface area contributed by atoms with Gasteiger partial charge in [0.2, 0.25) is 0 Å². The number of nitrogens with zero attached hydrogens (tertiary/aromatic N) is 2. The van der Waals surface area contributed by atoms with E-state index < -0.39 is 5.97 Å². The van der Waals surface area contributed by atoms with Gasteiger partial charge in [-0.1, -0.05) is 0 Å². The number of hydrogen-bond acceptors (Lipinski definition) is 6. The van der Waals surface area contributed by atoms with Gasteiger partial charge in [0.25, 0.3) is 5.91 Å². The first-order valence-electron chi connectivity index (χ1n) is 8.39. The number of rotatable bonds is 8. The Hall–Kier alpha value is -2.54. The van der Waals surface area contributed by atoms with E-state index in [0.717, 1.165) is 18.8 Å². The highest BCUT2D eigenvalue weighted by Gasteiger charge is 2.34. The number of hydrogen-bond donors (Lipinski definition) is 2. The predicted molar refractivity (Wildman–Crippen MR) is 96.3 cm³/mol. The molecule has 1 aromatic rings. The smallest absolute Gasteiger partial charge is 0.337 e. The zero-order valence-corrected chi connectivity index (χ0v) is 14.9. The van der Waals surface area contributed by atoms with Crippen molar-refractivity contribution in [3.63, 3.8) is 0 Å². The van der Waals surface area contributed by atoms with Crippen LogP contribution in [0.2, 0.25) is 0 Å². The fraction of sp³-hybridized carbons (Fsp3) is 0.444. The van der Waals surface area contributed by atoms with E-state index in [0.29, 0.717) is 5.69 Å².